The normalized spacial score (nSPS) is 11.2. The second kappa shape index (κ2) is 12.2. The molecular weight excluding hydrogens is 560 g/mol. The van der Waals surface area contributed by atoms with Crippen molar-refractivity contribution in [2.45, 2.75) is 33.6 Å². The van der Waals surface area contributed by atoms with Crippen LogP contribution in [0.1, 0.15) is 33.6 Å². The molecule has 41 heavy (non-hydrogen) atoms. The van der Waals surface area contributed by atoms with E-state index in [9.17, 15) is 23.9 Å². The predicted octanol–water partition coefficient (Wildman–Crippen LogP) is 5.00. The minimum Gasteiger partial charge on any atom is -0.480 e. The molecule has 1 aromatic carbocycles. The minimum absolute atomic E-state index is 0.0111. The lowest BCUT2D eigenvalue weighted by molar-refractivity contribution is -0.167. The minimum atomic E-state index is -1.74. The van der Waals surface area contributed by atoms with Crippen molar-refractivity contribution in [2.24, 2.45) is 5.41 Å². The van der Waals surface area contributed by atoms with Crippen molar-refractivity contribution >= 4 is 50.6 Å². The van der Waals surface area contributed by atoms with Crippen molar-refractivity contribution in [3.8, 4) is 22.4 Å². The Kier molecular flexibility index (Phi) is 8.66. The van der Waals surface area contributed by atoms with Crippen molar-refractivity contribution in [2.75, 3.05) is 17.3 Å². The van der Waals surface area contributed by atoms with Crippen LogP contribution in [0.25, 0.3) is 32.6 Å². The number of aromatic nitrogens is 4. The van der Waals surface area contributed by atoms with Gasteiger partial charge < -0.3 is 15.3 Å². The summed E-state index contributed by atoms with van der Waals surface area (Å²) in [6.07, 6.45) is 3.88. The highest BCUT2D eigenvalue weighted by atomic mass is 32.1. The quantitative estimate of drug-likeness (QED) is 0.147. The number of thiazole rings is 1. The summed E-state index contributed by atoms with van der Waals surface area (Å²) < 4.78 is 30.8. The van der Waals surface area contributed by atoms with E-state index in [2.05, 4.69) is 36.0 Å². The zero-order valence-corrected chi connectivity index (χ0v) is 22.9. The number of hydrogen-bond acceptors (Lipinski definition) is 10. The van der Waals surface area contributed by atoms with E-state index in [1.54, 1.807) is 20.8 Å². The standard InChI is InChI=1S/C26H25F2N7O5S/c1-4-26(5-2,21(36)37)22(38)40-35-23-31-11-13(12-32-23)14-10-15(18-16(27)8-7-9-30-18)20-19(17(14)28)33-25(41-20)34-24(39)29-6-3/h7-12H,4-6H2,1-3H3,(H,36,37)(H,31,32,35)(H2,29,33,34,39). The fraction of sp³-hybridized carbons (Fsp3) is 0.269. The molecule has 0 radical (unpaired) electrons. The number of carbonyl (C=O) groups excluding carboxylic acids is 2. The van der Waals surface area contributed by atoms with Gasteiger partial charge in [-0.1, -0.05) is 25.2 Å². The molecule has 0 saturated heterocycles. The fourth-order valence-corrected chi connectivity index (χ4v) is 4.99. The van der Waals surface area contributed by atoms with Gasteiger partial charge >= 0.3 is 18.0 Å². The van der Waals surface area contributed by atoms with Gasteiger partial charge in [0.2, 0.25) is 0 Å². The van der Waals surface area contributed by atoms with Gasteiger partial charge in [-0.25, -0.2) is 33.3 Å². The van der Waals surface area contributed by atoms with Crippen molar-refractivity contribution in [3.05, 3.63) is 48.4 Å². The van der Waals surface area contributed by atoms with E-state index in [1.165, 1.54) is 36.8 Å². The zero-order valence-electron chi connectivity index (χ0n) is 22.1. The number of amides is 2. The number of nitrogens with zero attached hydrogens (tertiary/aromatic N) is 4. The number of rotatable bonds is 10. The Hall–Kier alpha value is -4.79. The van der Waals surface area contributed by atoms with Gasteiger partial charge in [0.25, 0.3) is 5.95 Å². The number of urea groups is 1. The highest BCUT2D eigenvalue weighted by Crippen LogP contribution is 2.41. The summed E-state index contributed by atoms with van der Waals surface area (Å²) in [5.74, 6) is -3.93. The Morgan fingerprint density at radius 3 is 2.39 bits per heavy atom. The van der Waals surface area contributed by atoms with Crippen LogP contribution in [-0.4, -0.2) is 49.6 Å². The molecule has 15 heteroatoms. The Morgan fingerprint density at radius 1 is 1.07 bits per heavy atom. The highest BCUT2D eigenvalue weighted by molar-refractivity contribution is 7.22. The molecule has 0 aliphatic rings. The largest absolute Gasteiger partial charge is 0.480 e. The van der Waals surface area contributed by atoms with Gasteiger partial charge in [-0.05, 0) is 38.0 Å². The lowest BCUT2D eigenvalue weighted by Gasteiger charge is -2.23. The van der Waals surface area contributed by atoms with Crippen molar-refractivity contribution < 1.29 is 33.1 Å². The van der Waals surface area contributed by atoms with E-state index in [-0.39, 0.29) is 56.5 Å². The second-order valence-electron chi connectivity index (χ2n) is 8.68. The number of anilines is 2. The Balaban J connectivity index is 1.70. The molecule has 3 heterocycles. The van der Waals surface area contributed by atoms with Crippen LogP contribution in [-0.2, 0) is 14.4 Å². The highest BCUT2D eigenvalue weighted by Gasteiger charge is 2.45. The predicted molar refractivity (Wildman–Crippen MR) is 147 cm³/mol. The summed E-state index contributed by atoms with van der Waals surface area (Å²) in [4.78, 5) is 57.4. The van der Waals surface area contributed by atoms with Gasteiger partial charge in [-0.15, -0.1) is 0 Å². The summed E-state index contributed by atoms with van der Waals surface area (Å²) in [6.45, 7) is 5.21. The number of carboxylic acid groups (broad SMARTS) is 1. The lowest BCUT2D eigenvalue weighted by atomic mass is 9.83. The number of halogens is 2. The number of pyridine rings is 1. The topological polar surface area (TPSA) is 168 Å². The second-order valence-corrected chi connectivity index (χ2v) is 9.68. The van der Waals surface area contributed by atoms with Gasteiger partial charge in [0, 0.05) is 41.8 Å². The molecule has 0 aliphatic heterocycles. The van der Waals surface area contributed by atoms with Crippen molar-refractivity contribution in [1.29, 1.82) is 0 Å². The molecule has 0 aliphatic carbocycles. The molecule has 0 bridgehead atoms. The van der Waals surface area contributed by atoms with E-state index in [1.807, 2.05) is 0 Å². The number of benzene rings is 1. The maximum atomic E-state index is 15.8. The third-order valence-corrected chi connectivity index (χ3v) is 7.39. The van der Waals surface area contributed by atoms with Crippen LogP contribution < -0.4 is 16.1 Å². The molecule has 0 unspecified atom stereocenters. The molecule has 0 saturated carbocycles. The molecule has 12 nitrogen and oxygen atoms in total. The number of nitrogens with one attached hydrogen (secondary N) is 3. The van der Waals surface area contributed by atoms with E-state index < -0.39 is 35.0 Å². The molecule has 0 fully saturated rings. The average Bonchev–Trinajstić information content (AvgIpc) is 3.38. The summed E-state index contributed by atoms with van der Waals surface area (Å²) in [5.41, 5.74) is 0.694. The average molecular weight is 586 g/mol. The molecule has 0 spiro atoms. The van der Waals surface area contributed by atoms with Gasteiger partial charge in [0.1, 0.15) is 17.0 Å². The first-order valence-corrected chi connectivity index (χ1v) is 13.3. The Bertz CT molecular complexity index is 1610. The smallest absolute Gasteiger partial charge is 0.349 e. The lowest BCUT2D eigenvalue weighted by Crippen LogP contribution is -2.40. The van der Waals surface area contributed by atoms with Crippen LogP contribution >= 0.6 is 11.3 Å². The Morgan fingerprint density at radius 2 is 1.78 bits per heavy atom. The maximum absolute atomic E-state index is 15.8. The van der Waals surface area contributed by atoms with E-state index in [0.717, 1.165) is 11.3 Å². The first kappa shape index (κ1) is 29.2. The van der Waals surface area contributed by atoms with E-state index in [4.69, 9.17) is 4.84 Å². The molecular formula is C26H25F2N7O5S. The van der Waals surface area contributed by atoms with Crippen LogP contribution in [0.15, 0.2) is 36.8 Å². The maximum Gasteiger partial charge on any atom is 0.349 e. The van der Waals surface area contributed by atoms with E-state index >= 15 is 4.39 Å². The molecule has 4 aromatic rings. The number of carboxylic acids is 1. The Labute approximate surface area is 236 Å². The molecule has 3 aromatic heterocycles. The fourth-order valence-electron chi connectivity index (χ4n) is 4.02. The molecule has 4 N–H and O–H groups in total. The van der Waals surface area contributed by atoms with Gasteiger partial charge in [0.05, 0.1) is 4.70 Å². The first-order chi connectivity index (χ1) is 19.6. The van der Waals surface area contributed by atoms with Gasteiger partial charge in [-0.2, -0.15) is 5.48 Å². The summed E-state index contributed by atoms with van der Waals surface area (Å²) in [5, 5.41) is 14.7. The SMILES string of the molecule is CCNC(=O)Nc1nc2c(F)c(-c3cnc(NOC(=O)C(CC)(CC)C(=O)O)nc3)cc(-c3ncccc3F)c2s1. The van der Waals surface area contributed by atoms with Gasteiger partial charge in [0.15, 0.2) is 16.4 Å². The zero-order chi connectivity index (χ0) is 29.7. The first-order valence-electron chi connectivity index (χ1n) is 12.5. The summed E-state index contributed by atoms with van der Waals surface area (Å²) >= 11 is 0.958. The molecule has 0 atom stereocenters. The molecule has 4 rings (SSSR count). The molecule has 214 valence electrons. The number of carbonyl (C=O) groups is 3. The van der Waals surface area contributed by atoms with Crippen LogP contribution in [0.5, 0.6) is 0 Å². The monoisotopic (exact) mass is 585 g/mol. The van der Waals surface area contributed by atoms with Crippen LogP contribution in [0.3, 0.4) is 0 Å². The number of aliphatic carboxylic acids is 1. The van der Waals surface area contributed by atoms with Crippen LogP contribution in [0.2, 0.25) is 0 Å². The third kappa shape index (κ3) is 5.75. The number of fused-ring (bicyclic) bond motifs is 1. The van der Waals surface area contributed by atoms with Crippen molar-refractivity contribution in [3.63, 3.8) is 0 Å². The van der Waals surface area contributed by atoms with Gasteiger partial charge in [-0.3, -0.25) is 15.1 Å². The molecule has 2 amide bonds. The van der Waals surface area contributed by atoms with Crippen molar-refractivity contribution in [1.82, 2.24) is 25.3 Å². The van der Waals surface area contributed by atoms with Crippen LogP contribution in [0, 0.1) is 17.0 Å². The van der Waals surface area contributed by atoms with Crippen LogP contribution in [0.4, 0.5) is 24.7 Å². The summed E-state index contributed by atoms with van der Waals surface area (Å²) in [7, 11) is 0. The number of hydrogen-bond donors (Lipinski definition) is 4. The third-order valence-electron chi connectivity index (χ3n) is 6.38. The van der Waals surface area contributed by atoms with E-state index in [0.29, 0.717) is 6.54 Å². The summed E-state index contributed by atoms with van der Waals surface area (Å²) in [6, 6.07) is 3.48.